The number of anilines is 1. The van der Waals surface area contributed by atoms with Crippen LogP contribution in [0, 0.1) is 5.41 Å². The normalized spacial score (nSPS) is 16.0. The third-order valence-electron chi connectivity index (χ3n) is 4.07. The number of ether oxygens (including phenoxy) is 1. The number of rotatable bonds is 2. The Balaban J connectivity index is 1.74. The fourth-order valence-electron chi connectivity index (χ4n) is 2.79. The van der Waals surface area contributed by atoms with Crippen LogP contribution in [-0.2, 0) is 4.79 Å². The van der Waals surface area contributed by atoms with Gasteiger partial charge >= 0.3 is 0 Å². The standard InChI is InChI=1S/C17H23N3O2S/c1-17(2,3)15(21)19-8-10-20(11-9-19)16-18-14-12(22-4)6-5-7-13(14)23-16/h5-7H,8-11H2,1-4H3. The van der Waals surface area contributed by atoms with Gasteiger partial charge in [-0.05, 0) is 12.1 Å². The highest BCUT2D eigenvalue weighted by molar-refractivity contribution is 7.22. The quantitative estimate of drug-likeness (QED) is 0.847. The molecule has 0 aliphatic carbocycles. The van der Waals surface area contributed by atoms with Gasteiger partial charge in [-0.15, -0.1) is 0 Å². The van der Waals surface area contributed by atoms with Crippen molar-refractivity contribution in [3.63, 3.8) is 0 Å². The van der Waals surface area contributed by atoms with Crippen LogP contribution in [0.3, 0.4) is 0 Å². The average Bonchev–Trinajstić information content (AvgIpc) is 2.97. The van der Waals surface area contributed by atoms with Crippen molar-refractivity contribution in [1.29, 1.82) is 0 Å². The third-order valence-corrected chi connectivity index (χ3v) is 5.15. The highest BCUT2D eigenvalue weighted by atomic mass is 32.1. The summed E-state index contributed by atoms with van der Waals surface area (Å²) in [6.45, 7) is 9.07. The van der Waals surface area contributed by atoms with E-state index >= 15 is 0 Å². The zero-order valence-electron chi connectivity index (χ0n) is 14.1. The van der Waals surface area contributed by atoms with Crippen LogP contribution in [0.2, 0.25) is 0 Å². The van der Waals surface area contributed by atoms with E-state index in [-0.39, 0.29) is 11.3 Å². The van der Waals surface area contributed by atoms with Crippen molar-refractivity contribution in [3.8, 4) is 5.75 Å². The fraction of sp³-hybridized carbons (Fsp3) is 0.529. The molecular formula is C17H23N3O2S. The van der Waals surface area contributed by atoms with Crippen molar-refractivity contribution in [2.24, 2.45) is 5.41 Å². The van der Waals surface area contributed by atoms with E-state index in [0.717, 1.165) is 47.3 Å². The summed E-state index contributed by atoms with van der Waals surface area (Å²) in [6.07, 6.45) is 0. The molecule has 1 amide bonds. The number of para-hydroxylation sites is 1. The third kappa shape index (κ3) is 3.13. The summed E-state index contributed by atoms with van der Waals surface area (Å²) in [5.74, 6) is 1.04. The smallest absolute Gasteiger partial charge is 0.228 e. The van der Waals surface area contributed by atoms with Crippen molar-refractivity contribution < 1.29 is 9.53 Å². The van der Waals surface area contributed by atoms with Crippen LogP contribution in [0.1, 0.15) is 20.8 Å². The minimum absolute atomic E-state index is 0.225. The van der Waals surface area contributed by atoms with Crippen molar-refractivity contribution in [2.45, 2.75) is 20.8 Å². The Morgan fingerprint density at radius 1 is 1.22 bits per heavy atom. The molecule has 0 radical (unpaired) electrons. The Morgan fingerprint density at radius 3 is 2.52 bits per heavy atom. The van der Waals surface area contributed by atoms with Gasteiger partial charge in [0.05, 0.1) is 11.8 Å². The Morgan fingerprint density at radius 2 is 1.91 bits per heavy atom. The predicted octanol–water partition coefficient (Wildman–Crippen LogP) is 3.00. The van der Waals surface area contributed by atoms with Gasteiger partial charge in [-0.2, -0.15) is 0 Å². The predicted molar refractivity (Wildman–Crippen MR) is 94.4 cm³/mol. The van der Waals surface area contributed by atoms with Crippen LogP contribution in [0.15, 0.2) is 18.2 Å². The zero-order valence-corrected chi connectivity index (χ0v) is 14.9. The van der Waals surface area contributed by atoms with E-state index < -0.39 is 0 Å². The SMILES string of the molecule is COc1cccc2sc(N3CCN(C(=O)C(C)(C)C)CC3)nc12. The number of carbonyl (C=O) groups excluding carboxylic acids is 1. The molecule has 0 bridgehead atoms. The summed E-state index contributed by atoms with van der Waals surface area (Å²) < 4.78 is 6.52. The molecule has 5 nitrogen and oxygen atoms in total. The Bertz CT molecular complexity index is 712. The number of amides is 1. The summed E-state index contributed by atoms with van der Waals surface area (Å²) >= 11 is 1.68. The molecule has 0 N–H and O–H groups in total. The van der Waals surface area contributed by atoms with Gasteiger partial charge in [0, 0.05) is 31.6 Å². The highest BCUT2D eigenvalue weighted by Gasteiger charge is 2.30. The molecule has 6 heteroatoms. The molecule has 3 rings (SSSR count). The molecule has 0 saturated carbocycles. The molecule has 1 saturated heterocycles. The zero-order chi connectivity index (χ0) is 16.6. The van der Waals surface area contributed by atoms with Gasteiger partial charge < -0.3 is 14.5 Å². The van der Waals surface area contributed by atoms with Gasteiger partial charge in [-0.25, -0.2) is 4.98 Å². The molecule has 1 aromatic heterocycles. The number of hydrogen-bond donors (Lipinski definition) is 0. The van der Waals surface area contributed by atoms with Crippen molar-refractivity contribution >= 4 is 32.6 Å². The Hall–Kier alpha value is -1.82. The maximum absolute atomic E-state index is 12.4. The number of fused-ring (bicyclic) bond motifs is 1. The first kappa shape index (κ1) is 16.1. The van der Waals surface area contributed by atoms with E-state index in [1.165, 1.54) is 0 Å². The summed E-state index contributed by atoms with van der Waals surface area (Å²) in [7, 11) is 1.67. The molecule has 124 valence electrons. The van der Waals surface area contributed by atoms with Crippen molar-refractivity contribution in [1.82, 2.24) is 9.88 Å². The van der Waals surface area contributed by atoms with Gasteiger partial charge in [-0.3, -0.25) is 4.79 Å². The van der Waals surface area contributed by atoms with Crippen molar-refractivity contribution in [2.75, 3.05) is 38.2 Å². The molecule has 1 aliphatic heterocycles. The topological polar surface area (TPSA) is 45.7 Å². The number of piperazine rings is 1. The number of nitrogens with zero attached hydrogens (tertiary/aromatic N) is 3. The van der Waals surface area contributed by atoms with Crippen LogP contribution in [0.5, 0.6) is 5.75 Å². The van der Waals surface area contributed by atoms with Gasteiger partial charge in [0.15, 0.2) is 5.13 Å². The number of hydrogen-bond acceptors (Lipinski definition) is 5. The first-order valence-corrected chi connectivity index (χ1v) is 8.69. The van der Waals surface area contributed by atoms with E-state index in [9.17, 15) is 4.79 Å². The lowest BCUT2D eigenvalue weighted by Gasteiger charge is -2.37. The molecule has 2 heterocycles. The van der Waals surface area contributed by atoms with E-state index in [2.05, 4.69) is 11.0 Å². The highest BCUT2D eigenvalue weighted by Crippen LogP contribution is 2.34. The van der Waals surface area contributed by atoms with E-state index in [1.807, 2.05) is 37.8 Å². The molecule has 1 aromatic carbocycles. The van der Waals surface area contributed by atoms with E-state index in [0.29, 0.717) is 0 Å². The van der Waals surface area contributed by atoms with Gasteiger partial charge in [0.2, 0.25) is 5.91 Å². The molecule has 1 fully saturated rings. The summed E-state index contributed by atoms with van der Waals surface area (Å²) in [4.78, 5) is 21.3. The van der Waals surface area contributed by atoms with Crippen LogP contribution in [0.25, 0.3) is 10.2 Å². The summed E-state index contributed by atoms with van der Waals surface area (Å²) in [5.41, 5.74) is 0.606. The molecule has 1 aliphatic rings. The number of thiazole rings is 1. The fourth-order valence-corrected chi connectivity index (χ4v) is 3.82. The minimum Gasteiger partial charge on any atom is -0.494 e. The largest absolute Gasteiger partial charge is 0.494 e. The molecule has 0 atom stereocenters. The molecular weight excluding hydrogens is 310 g/mol. The molecule has 0 unspecified atom stereocenters. The lowest BCUT2D eigenvalue weighted by Crippen LogP contribution is -2.51. The van der Waals surface area contributed by atoms with Crippen LogP contribution in [0.4, 0.5) is 5.13 Å². The first-order valence-electron chi connectivity index (χ1n) is 7.88. The lowest BCUT2D eigenvalue weighted by atomic mass is 9.94. The Labute approximate surface area is 140 Å². The molecule has 23 heavy (non-hydrogen) atoms. The number of methoxy groups -OCH3 is 1. The second-order valence-corrected chi connectivity index (χ2v) is 7.84. The van der Waals surface area contributed by atoms with Crippen molar-refractivity contribution in [3.05, 3.63) is 18.2 Å². The lowest BCUT2D eigenvalue weighted by molar-refractivity contribution is -0.139. The maximum atomic E-state index is 12.4. The number of carbonyl (C=O) groups is 1. The second-order valence-electron chi connectivity index (χ2n) is 6.83. The van der Waals surface area contributed by atoms with Gasteiger partial charge in [0.1, 0.15) is 11.3 Å². The molecule has 0 spiro atoms. The van der Waals surface area contributed by atoms with E-state index in [4.69, 9.17) is 9.72 Å². The summed E-state index contributed by atoms with van der Waals surface area (Å²) in [6, 6.07) is 5.99. The minimum atomic E-state index is -0.314. The van der Waals surface area contributed by atoms with E-state index in [1.54, 1.807) is 18.4 Å². The second kappa shape index (κ2) is 6.00. The van der Waals surface area contributed by atoms with Crippen LogP contribution in [-0.4, -0.2) is 49.1 Å². The Kier molecular flexibility index (Phi) is 4.19. The van der Waals surface area contributed by atoms with Gasteiger partial charge in [-0.1, -0.05) is 38.2 Å². The maximum Gasteiger partial charge on any atom is 0.228 e. The average molecular weight is 333 g/mol. The number of benzene rings is 1. The number of aromatic nitrogens is 1. The first-order chi connectivity index (χ1) is 10.9. The van der Waals surface area contributed by atoms with Crippen LogP contribution < -0.4 is 9.64 Å². The molecule has 2 aromatic rings. The monoisotopic (exact) mass is 333 g/mol. The summed E-state index contributed by atoms with van der Waals surface area (Å²) in [5, 5.41) is 1.01. The van der Waals surface area contributed by atoms with Gasteiger partial charge in [0.25, 0.3) is 0 Å². The van der Waals surface area contributed by atoms with Crippen LogP contribution >= 0.6 is 11.3 Å².